The van der Waals surface area contributed by atoms with Crippen molar-refractivity contribution in [2.24, 2.45) is 0 Å². The smallest absolute Gasteiger partial charge is 0.249 e. The molecule has 0 spiro atoms. The van der Waals surface area contributed by atoms with Gasteiger partial charge in [-0.2, -0.15) is 0 Å². The Bertz CT molecular complexity index is 1320. The third-order valence-electron chi connectivity index (χ3n) is 5.83. The lowest BCUT2D eigenvalue weighted by molar-refractivity contribution is -0.127. The number of carbonyl (C=O) groups is 2. The Balaban J connectivity index is 1.77. The summed E-state index contributed by atoms with van der Waals surface area (Å²) in [5.41, 5.74) is 3.70. The van der Waals surface area contributed by atoms with E-state index in [1.807, 2.05) is 55.5 Å². The molecule has 0 saturated carbocycles. The molecule has 1 N–H and O–H groups in total. The van der Waals surface area contributed by atoms with Crippen LogP contribution in [-0.2, 0) is 20.9 Å². The number of ether oxygens (including phenoxy) is 2. The van der Waals surface area contributed by atoms with Gasteiger partial charge in [0.15, 0.2) is 0 Å². The van der Waals surface area contributed by atoms with Gasteiger partial charge in [0.2, 0.25) is 11.8 Å². The van der Waals surface area contributed by atoms with Gasteiger partial charge in [-0.25, -0.2) is 4.68 Å². The second kappa shape index (κ2) is 11.5. The van der Waals surface area contributed by atoms with Crippen LogP contribution in [0.1, 0.15) is 17.2 Å². The zero-order chi connectivity index (χ0) is 25.5. The highest BCUT2D eigenvalue weighted by Gasteiger charge is 2.33. The van der Waals surface area contributed by atoms with Gasteiger partial charge in [-0.3, -0.25) is 14.5 Å². The molecule has 4 aromatic rings. The first-order chi connectivity index (χ1) is 17.5. The van der Waals surface area contributed by atoms with Crippen molar-refractivity contribution in [2.45, 2.75) is 19.5 Å². The number of para-hydroxylation sites is 1. The van der Waals surface area contributed by atoms with Crippen molar-refractivity contribution in [3.63, 3.8) is 0 Å². The van der Waals surface area contributed by atoms with Crippen molar-refractivity contribution in [3.8, 4) is 5.75 Å². The third-order valence-corrected chi connectivity index (χ3v) is 5.83. The third kappa shape index (κ3) is 5.52. The molecule has 1 atom stereocenters. The predicted octanol–water partition coefficient (Wildman–Crippen LogP) is 3.29. The standard InChI is InChI=1S/C27H29N5O4/c1-19-8-12-21(13-9-19)32(25(33)18-31-24-7-5-4-6-23(24)29-30-31)26(27(34)28-16-17-35-2)20-10-14-22(36-3)15-11-20/h4-15,26H,16-18H2,1-3H3,(H,28,34). The summed E-state index contributed by atoms with van der Waals surface area (Å²) in [5, 5.41) is 11.2. The molecular weight excluding hydrogens is 458 g/mol. The molecule has 9 nitrogen and oxygen atoms in total. The van der Waals surface area contributed by atoms with Crippen LogP contribution in [0, 0.1) is 6.92 Å². The van der Waals surface area contributed by atoms with Gasteiger partial charge in [-0.05, 0) is 48.9 Å². The fourth-order valence-corrected chi connectivity index (χ4v) is 3.96. The van der Waals surface area contributed by atoms with E-state index in [9.17, 15) is 9.59 Å². The van der Waals surface area contributed by atoms with E-state index in [-0.39, 0.29) is 18.4 Å². The van der Waals surface area contributed by atoms with E-state index in [1.54, 1.807) is 43.2 Å². The lowest BCUT2D eigenvalue weighted by Gasteiger charge is -2.31. The van der Waals surface area contributed by atoms with Crippen molar-refractivity contribution >= 4 is 28.5 Å². The number of aryl methyl sites for hydroxylation is 1. The monoisotopic (exact) mass is 487 g/mol. The largest absolute Gasteiger partial charge is 0.497 e. The van der Waals surface area contributed by atoms with E-state index >= 15 is 0 Å². The van der Waals surface area contributed by atoms with Crippen LogP contribution >= 0.6 is 0 Å². The Labute approximate surface area is 209 Å². The maximum Gasteiger partial charge on any atom is 0.249 e. The van der Waals surface area contributed by atoms with Crippen molar-refractivity contribution in [2.75, 3.05) is 32.3 Å². The van der Waals surface area contributed by atoms with E-state index in [2.05, 4.69) is 15.6 Å². The number of benzene rings is 3. The number of anilines is 1. The zero-order valence-electron chi connectivity index (χ0n) is 20.5. The molecule has 1 aromatic heterocycles. The molecule has 4 rings (SSSR count). The van der Waals surface area contributed by atoms with Crippen LogP contribution in [0.25, 0.3) is 11.0 Å². The number of amides is 2. The van der Waals surface area contributed by atoms with Crippen molar-refractivity contribution in [3.05, 3.63) is 83.9 Å². The second-order valence-corrected chi connectivity index (χ2v) is 8.29. The molecule has 1 heterocycles. The fourth-order valence-electron chi connectivity index (χ4n) is 3.96. The summed E-state index contributed by atoms with van der Waals surface area (Å²) in [5.74, 6) is 0.0198. The Kier molecular flexibility index (Phi) is 7.92. The summed E-state index contributed by atoms with van der Waals surface area (Å²) >= 11 is 0. The minimum absolute atomic E-state index is 0.0909. The quantitative estimate of drug-likeness (QED) is 0.345. The van der Waals surface area contributed by atoms with Crippen molar-refractivity contribution in [1.29, 1.82) is 0 Å². The molecule has 0 fully saturated rings. The molecule has 0 radical (unpaired) electrons. The highest BCUT2D eigenvalue weighted by molar-refractivity contribution is 6.01. The van der Waals surface area contributed by atoms with Crippen molar-refractivity contribution < 1.29 is 19.1 Å². The number of methoxy groups -OCH3 is 2. The number of fused-ring (bicyclic) bond motifs is 1. The molecule has 186 valence electrons. The van der Waals surface area contributed by atoms with Gasteiger partial charge < -0.3 is 14.8 Å². The van der Waals surface area contributed by atoms with Gasteiger partial charge in [-0.1, -0.05) is 47.2 Å². The number of nitrogens with zero attached hydrogens (tertiary/aromatic N) is 4. The zero-order valence-corrected chi connectivity index (χ0v) is 20.5. The van der Waals surface area contributed by atoms with Crippen LogP contribution < -0.4 is 15.0 Å². The van der Waals surface area contributed by atoms with E-state index in [4.69, 9.17) is 9.47 Å². The van der Waals surface area contributed by atoms with E-state index < -0.39 is 6.04 Å². The van der Waals surface area contributed by atoms with E-state index in [0.717, 1.165) is 11.1 Å². The number of carbonyl (C=O) groups excluding carboxylic acids is 2. The van der Waals surface area contributed by atoms with Gasteiger partial charge in [0.05, 0.1) is 19.2 Å². The first-order valence-corrected chi connectivity index (χ1v) is 11.6. The Morgan fingerprint density at radius 1 is 1.00 bits per heavy atom. The van der Waals surface area contributed by atoms with Crippen LogP contribution in [0.2, 0.25) is 0 Å². The van der Waals surface area contributed by atoms with Crippen LogP contribution in [0.3, 0.4) is 0 Å². The average molecular weight is 488 g/mol. The highest BCUT2D eigenvalue weighted by atomic mass is 16.5. The molecule has 0 aliphatic rings. The predicted molar refractivity (Wildman–Crippen MR) is 137 cm³/mol. The van der Waals surface area contributed by atoms with Gasteiger partial charge in [-0.15, -0.1) is 5.10 Å². The molecule has 0 saturated heterocycles. The van der Waals surface area contributed by atoms with Crippen LogP contribution in [0.15, 0.2) is 72.8 Å². The molecule has 1 unspecified atom stereocenters. The molecule has 36 heavy (non-hydrogen) atoms. The molecule has 9 heteroatoms. The minimum atomic E-state index is -0.933. The lowest BCUT2D eigenvalue weighted by atomic mass is 10.0. The Morgan fingerprint density at radius 2 is 1.72 bits per heavy atom. The summed E-state index contributed by atoms with van der Waals surface area (Å²) in [6.07, 6.45) is 0. The van der Waals surface area contributed by atoms with E-state index in [1.165, 1.54) is 4.90 Å². The number of hydrogen-bond acceptors (Lipinski definition) is 6. The van der Waals surface area contributed by atoms with E-state index in [0.29, 0.717) is 35.7 Å². The Morgan fingerprint density at radius 3 is 2.42 bits per heavy atom. The van der Waals surface area contributed by atoms with Crippen LogP contribution in [-0.4, -0.2) is 54.2 Å². The fraction of sp³-hybridized carbons (Fsp3) is 0.259. The first kappa shape index (κ1) is 24.9. The lowest BCUT2D eigenvalue weighted by Crippen LogP contribution is -2.46. The number of hydrogen-bond donors (Lipinski definition) is 1. The highest BCUT2D eigenvalue weighted by Crippen LogP contribution is 2.30. The normalized spacial score (nSPS) is 11.8. The maximum atomic E-state index is 13.9. The summed E-state index contributed by atoms with van der Waals surface area (Å²) in [6.45, 7) is 2.54. The first-order valence-electron chi connectivity index (χ1n) is 11.6. The van der Waals surface area contributed by atoms with Gasteiger partial charge >= 0.3 is 0 Å². The van der Waals surface area contributed by atoms with Gasteiger partial charge in [0.25, 0.3) is 0 Å². The molecule has 0 aliphatic heterocycles. The van der Waals surface area contributed by atoms with Crippen LogP contribution in [0.5, 0.6) is 5.75 Å². The molecule has 0 bridgehead atoms. The summed E-state index contributed by atoms with van der Waals surface area (Å²) in [7, 11) is 3.15. The van der Waals surface area contributed by atoms with Gasteiger partial charge in [0, 0.05) is 19.3 Å². The number of rotatable bonds is 10. The molecule has 0 aliphatic carbocycles. The molecule has 3 aromatic carbocycles. The summed E-state index contributed by atoms with van der Waals surface area (Å²) in [4.78, 5) is 29.0. The van der Waals surface area contributed by atoms with Gasteiger partial charge in [0.1, 0.15) is 23.9 Å². The SMILES string of the molecule is COCCNC(=O)C(c1ccc(OC)cc1)N(C(=O)Cn1nnc2ccccc21)c1ccc(C)cc1. The summed E-state index contributed by atoms with van der Waals surface area (Å²) in [6, 6.07) is 21.1. The molecular formula is C27H29N5O4. The Hall–Kier alpha value is -4.24. The molecule has 2 amide bonds. The summed E-state index contributed by atoms with van der Waals surface area (Å²) < 4.78 is 11.9. The second-order valence-electron chi connectivity index (χ2n) is 8.29. The number of aromatic nitrogens is 3. The maximum absolute atomic E-state index is 13.9. The number of nitrogens with one attached hydrogen (secondary N) is 1. The topological polar surface area (TPSA) is 98.6 Å². The minimum Gasteiger partial charge on any atom is -0.497 e. The van der Waals surface area contributed by atoms with Crippen molar-refractivity contribution in [1.82, 2.24) is 20.3 Å². The van der Waals surface area contributed by atoms with Crippen LogP contribution in [0.4, 0.5) is 5.69 Å². The average Bonchev–Trinajstić information content (AvgIpc) is 3.30.